The SMILES string of the molecule is CC(C)(C)[Si](C)(C)OC[C@@H]1COC[C@H]2[C@@H]1CON2Cc1ccccc1. The van der Waals surface area contributed by atoms with Gasteiger partial charge in [0.1, 0.15) is 0 Å². The zero-order valence-electron chi connectivity index (χ0n) is 16.3. The first-order valence-electron chi connectivity index (χ1n) is 9.43. The summed E-state index contributed by atoms with van der Waals surface area (Å²) in [6, 6.07) is 10.8. The molecular formula is C20H33NO3Si. The van der Waals surface area contributed by atoms with Crippen molar-refractivity contribution in [1.82, 2.24) is 5.06 Å². The summed E-state index contributed by atoms with van der Waals surface area (Å²) in [6.45, 7) is 15.5. The van der Waals surface area contributed by atoms with E-state index in [2.05, 4.69) is 69.3 Å². The number of benzene rings is 1. The van der Waals surface area contributed by atoms with E-state index >= 15 is 0 Å². The van der Waals surface area contributed by atoms with Gasteiger partial charge in [0.15, 0.2) is 8.32 Å². The highest BCUT2D eigenvalue weighted by molar-refractivity contribution is 6.74. The van der Waals surface area contributed by atoms with Gasteiger partial charge in [0.2, 0.25) is 0 Å². The fraction of sp³-hybridized carbons (Fsp3) is 0.700. The minimum Gasteiger partial charge on any atom is -0.416 e. The second-order valence-corrected chi connectivity index (χ2v) is 13.8. The smallest absolute Gasteiger partial charge is 0.191 e. The van der Waals surface area contributed by atoms with Crippen LogP contribution in [-0.2, 0) is 20.5 Å². The van der Waals surface area contributed by atoms with Gasteiger partial charge in [0.25, 0.3) is 0 Å². The summed E-state index contributed by atoms with van der Waals surface area (Å²) in [5.41, 5.74) is 1.28. The highest BCUT2D eigenvalue weighted by Crippen LogP contribution is 2.39. The quantitative estimate of drug-likeness (QED) is 0.738. The molecule has 0 unspecified atom stereocenters. The van der Waals surface area contributed by atoms with Crippen molar-refractivity contribution in [2.75, 3.05) is 26.4 Å². The molecule has 0 aromatic heterocycles. The van der Waals surface area contributed by atoms with Gasteiger partial charge in [0, 0.05) is 25.0 Å². The molecule has 2 aliphatic heterocycles. The predicted molar refractivity (Wildman–Crippen MR) is 103 cm³/mol. The molecule has 0 radical (unpaired) electrons. The largest absolute Gasteiger partial charge is 0.416 e. The highest BCUT2D eigenvalue weighted by atomic mass is 28.4. The first kappa shape index (κ1) is 19.0. The molecule has 1 aromatic carbocycles. The molecule has 0 saturated carbocycles. The van der Waals surface area contributed by atoms with Crippen LogP contribution in [0.15, 0.2) is 30.3 Å². The van der Waals surface area contributed by atoms with Gasteiger partial charge in [-0.3, -0.25) is 4.84 Å². The Morgan fingerprint density at radius 3 is 2.52 bits per heavy atom. The van der Waals surface area contributed by atoms with E-state index in [0.29, 0.717) is 17.9 Å². The van der Waals surface area contributed by atoms with Gasteiger partial charge >= 0.3 is 0 Å². The molecular weight excluding hydrogens is 330 g/mol. The van der Waals surface area contributed by atoms with Gasteiger partial charge < -0.3 is 9.16 Å². The Kier molecular flexibility index (Phi) is 5.71. The number of hydrogen-bond donors (Lipinski definition) is 0. The van der Waals surface area contributed by atoms with Gasteiger partial charge in [-0.05, 0) is 23.7 Å². The number of hydroxylamine groups is 2. The van der Waals surface area contributed by atoms with Crippen LogP contribution in [0.1, 0.15) is 26.3 Å². The third-order valence-corrected chi connectivity index (χ3v) is 10.7. The molecule has 1 aromatic rings. The van der Waals surface area contributed by atoms with Crippen molar-refractivity contribution in [1.29, 1.82) is 0 Å². The van der Waals surface area contributed by atoms with Crippen LogP contribution >= 0.6 is 0 Å². The van der Waals surface area contributed by atoms with Crippen LogP contribution in [-0.4, -0.2) is 45.8 Å². The second kappa shape index (κ2) is 7.49. The molecule has 0 amide bonds. The van der Waals surface area contributed by atoms with Gasteiger partial charge in [-0.2, -0.15) is 5.06 Å². The van der Waals surface area contributed by atoms with Crippen LogP contribution in [0.4, 0.5) is 0 Å². The van der Waals surface area contributed by atoms with E-state index in [0.717, 1.165) is 33.0 Å². The van der Waals surface area contributed by atoms with Crippen molar-refractivity contribution >= 4 is 8.32 Å². The topological polar surface area (TPSA) is 30.9 Å². The average Bonchev–Trinajstić information content (AvgIpc) is 2.96. The summed E-state index contributed by atoms with van der Waals surface area (Å²) in [4.78, 5) is 6.04. The third-order valence-electron chi connectivity index (χ3n) is 6.17. The van der Waals surface area contributed by atoms with Gasteiger partial charge in [-0.1, -0.05) is 51.1 Å². The maximum Gasteiger partial charge on any atom is 0.191 e. The Labute approximate surface area is 153 Å². The lowest BCUT2D eigenvalue weighted by molar-refractivity contribution is -0.154. The lowest BCUT2D eigenvalue weighted by Crippen LogP contribution is -2.48. The Balaban J connectivity index is 1.60. The van der Waals surface area contributed by atoms with Crippen LogP contribution in [0, 0.1) is 11.8 Å². The van der Waals surface area contributed by atoms with E-state index in [9.17, 15) is 0 Å². The molecule has 4 nitrogen and oxygen atoms in total. The van der Waals surface area contributed by atoms with E-state index in [1.807, 2.05) is 0 Å². The van der Waals surface area contributed by atoms with E-state index in [-0.39, 0.29) is 5.04 Å². The average molecular weight is 364 g/mol. The molecule has 3 rings (SSSR count). The number of rotatable bonds is 5. The summed E-state index contributed by atoms with van der Waals surface area (Å²) in [6.07, 6.45) is 0. The molecule has 140 valence electrons. The number of hydrogen-bond acceptors (Lipinski definition) is 4. The molecule has 2 saturated heterocycles. The maximum atomic E-state index is 6.48. The molecule has 2 fully saturated rings. The molecule has 0 spiro atoms. The molecule has 2 heterocycles. The standard InChI is InChI=1S/C20H33NO3Si/c1-20(2,3)25(4,5)24-13-17-12-22-15-19-18(17)14-23-21(19)11-16-9-7-6-8-10-16/h6-10,17-19H,11-15H2,1-5H3/t17-,18+,19-/m0/s1. The lowest BCUT2D eigenvalue weighted by Gasteiger charge is -2.40. The van der Waals surface area contributed by atoms with Crippen LogP contribution in [0.5, 0.6) is 0 Å². The van der Waals surface area contributed by atoms with Gasteiger partial charge in [0.05, 0.1) is 25.9 Å². The molecule has 0 aliphatic carbocycles. The fourth-order valence-corrected chi connectivity index (χ4v) is 4.42. The zero-order valence-corrected chi connectivity index (χ0v) is 17.3. The molecule has 3 atom stereocenters. The molecule has 5 heteroatoms. The number of ether oxygens (including phenoxy) is 1. The Morgan fingerprint density at radius 1 is 1.12 bits per heavy atom. The molecule has 0 bridgehead atoms. The first-order chi connectivity index (χ1) is 11.8. The highest BCUT2D eigenvalue weighted by Gasteiger charge is 2.45. The molecule has 2 aliphatic rings. The minimum atomic E-state index is -1.72. The summed E-state index contributed by atoms with van der Waals surface area (Å²) >= 11 is 0. The Hall–Kier alpha value is -0.723. The van der Waals surface area contributed by atoms with Crippen molar-refractivity contribution in [3.8, 4) is 0 Å². The van der Waals surface area contributed by atoms with Crippen molar-refractivity contribution in [3.63, 3.8) is 0 Å². The zero-order chi connectivity index (χ0) is 18.1. The fourth-order valence-electron chi connectivity index (χ4n) is 3.35. The molecule has 25 heavy (non-hydrogen) atoms. The van der Waals surface area contributed by atoms with Crippen molar-refractivity contribution < 1.29 is 14.0 Å². The van der Waals surface area contributed by atoms with Crippen LogP contribution in [0.3, 0.4) is 0 Å². The minimum absolute atomic E-state index is 0.243. The summed E-state index contributed by atoms with van der Waals surface area (Å²) < 4.78 is 12.4. The van der Waals surface area contributed by atoms with Crippen LogP contribution in [0.25, 0.3) is 0 Å². The summed E-state index contributed by atoms with van der Waals surface area (Å²) in [7, 11) is -1.72. The third kappa shape index (κ3) is 4.34. The number of nitrogens with zero attached hydrogens (tertiary/aromatic N) is 1. The van der Waals surface area contributed by atoms with Crippen molar-refractivity contribution in [2.24, 2.45) is 11.8 Å². The van der Waals surface area contributed by atoms with Crippen LogP contribution in [0.2, 0.25) is 18.1 Å². The van der Waals surface area contributed by atoms with Crippen LogP contribution < -0.4 is 0 Å². The van der Waals surface area contributed by atoms with Crippen molar-refractivity contribution in [3.05, 3.63) is 35.9 Å². The second-order valence-electron chi connectivity index (χ2n) is 8.96. The van der Waals surface area contributed by atoms with Crippen molar-refractivity contribution in [2.45, 2.75) is 51.5 Å². The lowest BCUT2D eigenvalue weighted by atomic mass is 9.86. The molecule has 0 N–H and O–H groups in total. The Bertz CT molecular complexity index is 558. The summed E-state index contributed by atoms with van der Waals surface area (Å²) in [5.74, 6) is 0.927. The first-order valence-corrected chi connectivity index (χ1v) is 12.3. The number of fused-ring (bicyclic) bond motifs is 1. The normalized spacial score (nSPS) is 28.1. The van der Waals surface area contributed by atoms with Gasteiger partial charge in [-0.25, -0.2) is 0 Å². The Morgan fingerprint density at radius 2 is 1.84 bits per heavy atom. The monoisotopic (exact) mass is 363 g/mol. The van der Waals surface area contributed by atoms with E-state index in [1.54, 1.807) is 0 Å². The maximum absolute atomic E-state index is 6.48. The predicted octanol–water partition coefficient (Wildman–Crippen LogP) is 4.09. The van der Waals surface area contributed by atoms with Gasteiger partial charge in [-0.15, -0.1) is 0 Å². The summed E-state index contributed by atoms with van der Waals surface area (Å²) in [5, 5.41) is 2.37. The van der Waals surface area contributed by atoms with E-state index < -0.39 is 8.32 Å². The van der Waals surface area contributed by atoms with E-state index in [4.69, 9.17) is 14.0 Å². The van der Waals surface area contributed by atoms with E-state index in [1.165, 1.54) is 5.56 Å².